The third-order valence-corrected chi connectivity index (χ3v) is 2.58. The molecule has 0 amide bonds. The highest BCUT2D eigenvalue weighted by Gasteiger charge is 2.29. The topological polar surface area (TPSA) is 34.9 Å². The Bertz CT molecular complexity index is 361. The quantitative estimate of drug-likeness (QED) is 0.647. The van der Waals surface area contributed by atoms with Crippen LogP contribution in [0.4, 0.5) is 0 Å². The van der Waals surface area contributed by atoms with Crippen molar-refractivity contribution in [2.45, 2.75) is 32.6 Å². The number of carbonyl (C=O) groups excluding carboxylic acids is 1. The zero-order valence-electron chi connectivity index (χ0n) is 8.29. The van der Waals surface area contributed by atoms with Crippen LogP contribution in [0.1, 0.15) is 47.7 Å². The fraction of sp³-hybridized carbons (Fsp3) is 0.600. The smallest absolute Gasteiger partial charge is 0.178 e. The van der Waals surface area contributed by atoms with Crippen LogP contribution in [0.15, 0.2) is 0 Å². The van der Waals surface area contributed by atoms with Crippen LogP contribution in [0.2, 0.25) is 0 Å². The first-order valence-electron chi connectivity index (χ1n) is 4.65. The van der Waals surface area contributed by atoms with E-state index in [1.165, 1.54) is 12.8 Å². The van der Waals surface area contributed by atoms with Gasteiger partial charge in [0.25, 0.3) is 0 Å². The summed E-state index contributed by atoms with van der Waals surface area (Å²) >= 11 is 0. The van der Waals surface area contributed by atoms with Gasteiger partial charge in [-0.05, 0) is 19.8 Å². The first kappa shape index (κ1) is 8.48. The Balaban J connectivity index is 2.50. The lowest BCUT2D eigenvalue weighted by Crippen LogP contribution is -2.05. The zero-order valence-corrected chi connectivity index (χ0v) is 8.29. The van der Waals surface area contributed by atoms with Gasteiger partial charge in [-0.3, -0.25) is 4.79 Å². The number of aromatic nitrogens is 2. The molecule has 1 aromatic rings. The van der Waals surface area contributed by atoms with Crippen LogP contribution in [-0.2, 0) is 7.05 Å². The van der Waals surface area contributed by atoms with E-state index in [4.69, 9.17) is 0 Å². The molecule has 1 saturated carbocycles. The van der Waals surface area contributed by atoms with Crippen molar-refractivity contribution in [1.82, 2.24) is 9.55 Å². The van der Waals surface area contributed by atoms with Crippen LogP contribution >= 0.6 is 0 Å². The third-order valence-electron chi connectivity index (χ3n) is 2.58. The van der Waals surface area contributed by atoms with Gasteiger partial charge in [-0.15, -0.1) is 0 Å². The van der Waals surface area contributed by atoms with Crippen LogP contribution in [0.25, 0.3) is 0 Å². The van der Waals surface area contributed by atoms with E-state index < -0.39 is 0 Å². The summed E-state index contributed by atoms with van der Waals surface area (Å²) in [5, 5.41) is 0. The number of nitrogens with zero attached hydrogens (tertiary/aromatic N) is 2. The molecule has 1 heterocycles. The highest BCUT2D eigenvalue weighted by molar-refractivity contribution is 5.93. The summed E-state index contributed by atoms with van der Waals surface area (Å²) in [6, 6.07) is 0. The molecule has 1 aliphatic carbocycles. The van der Waals surface area contributed by atoms with Crippen molar-refractivity contribution in [2.75, 3.05) is 0 Å². The molecule has 0 bridgehead atoms. The van der Waals surface area contributed by atoms with Gasteiger partial charge in [0.2, 0.25) is 0 Å². The highest BCUT2D eigenvalue weighted by Crippen LogP contribution is 2.39. The van der Waals surface area contributed by atoms with Crippen molar-refractivity contribution in [3.63, 3.8) is 0 Å². The summed E-state index contributed by atoms with van der Waals surface area (Å²) in [5.74, 6) is 1.80. The SMILES string of the molecule is CC(=O)c1c(C)nc(C2CC2)n1C. The molecule has 1 aliphatic rings. The number of hydrogen-bond acceptors (Lipinski definition) is 2. The van der Waals surface area contributed by atoms with Crippen molar-refractivity contribution in [3.05, 3.63) is 17.2 Å². The summed E-state index contributed by atoms with van der Waals surface area (Å²) in [5.41, 5.74) is 1.64. The van der Waals surface area contributed by atoms with Crippen molar-refractivity contribution in [2.24, 2.45) is 7.05 Å². The summed E-state index contributed by atoms with van der Waals surface area (Å²) < 4.78 is 1.95. The maximum absolute atomic E-state index is 11.3. The Morgan fingerprint density at radius 2 is 2.15 bits per heavy atom. The second-order valence-corrected chi connectivity index (χ2v) is 3.79. The Labute approximate surface area is 77.8 Å². The third kappa shape index (κ3) is 1.28. The molecule has 0 radical (unpaired) electrons. The van der Waals surface area contributed by atoms with E-state index in [0.717, 1.165) is 17.2 Å². The molecule has 0 spiro atoms. The summed E-state index contributed by atoms with van der Waals surface area (Å²) in [7, 11) is 1.93. The van der Waals surface area contributed by atoms with Crippen LogP contribution in [0.5, 0.6) is 0 Å². The minimum atomic E-state index is 0.111. The summed E-state index contributed by atoms with van der Waals surface area (Å²) in [6.07, 6.45) is 2.45. The van der Waals surface area contributed by atoms with Gasteiger partial charge in [0.1, 0.15) is 11.5 Å². The molecular weight excluding hydrogens is 164 g/mol. The van der Waals surface area contributed by atoms with Crippen molar-refractivity contribution < 1.29 is 4.79 Å². The molecule has 0 atom stereocenters. The second kappa shape index (κ2) is 2.69. The Kier molecular flexibility index (Phi) is 1.75. The van der Waals surface area contributed by atoms with Crippen molar-refractivity contribution >= 4 is 5.78 Å². The lowest BCUT2D eigenvalue weighted by molar-refractivity contribution is 0.100. The minimum absolute atomic E-state index is 0.111. The number of ketones is 1. The number of imidazole rings is 1. The zero-order chi connectivity index (χ0) is 9.59. The van der Waals surface area contributed by atoms with E-state index in [-0.39, 0.29) is 5.78 Å². The molecule has 1 fully saturated rings. The molecular formula is C10H14N2O. The summed E-state index contributed by atoms with van der Waals surface area (Å²) in [4.78, 5) is 15.7. The lowest BCUT2D eigenvalue weighted by atomic mass is 10.2. The number of carbonyl (C=O) groups is 1. The van der Waals surface area contributed by atoms with Gasteiger partial charge in [0.15, 0.2) is 5.78 Å². The van der Waals surface area contributed by atoms with Crippen LogP contribution < -0.4 is 0 Å². The first-order valence-corrected chi connectivity index (χ1v) is 4.65. The molecule has 3 heteroatoms. The molecule has 0 saturated heterocycles. The molecule has 2 rings (SSSR count). The normalized spacial score (nSPS) is 16.2. The van der Waals surface area contributed by atoms with Crippen LogP contribution in [0.3, 0.4) is 0 Å². The van der Waals surface area contributed by atoms with Crippen molar-refractivity contribution in [3.8, 4) is 0 Å². The largest absolute Gasteiger partial charge is 0.328 e. The van der Waals surface area contributed by atoms with E-state index in [1.54, 1.807) is 6.92 Å². The number of aryl methyl sites for hydroxylation is 1. The van der Waals surface area contributed by atoms with Gasteiger partial charge >= 0.3 is 0 Å². The number of Topliss-reactive ketones (excluding diaryl/α,β-unsaturated/α-hetero) is 1. The molecule has 0 N–H and O–H groups in total. The molecule has 70 valence electrons. The average Bonchev–Trinajstić information content (AvgIpc) is 2.78. The fourth-order valence-corrected chi connectivity index (χ4v) is 1.85. The van der Waals surface area contributed by atoms with E-state index in [0.29, 0.717) is 5.92 Å². The van der Waals surface area contributed by atoms with Gasteiger partial charge in [0.05, 0.1) is 5.69 Å². The lowest BCUT2D eigenvalue weighted by Gasteiger charge is -2.01. The van der Waals surface area contributed by atoms with Gasteiger partial charge in [-0.1, -0.05) is 0 Å². The molecule has 3 nitrogen and oxygen atoms in total. The number of rotatable bonds is 2. The molecule has 0 aliphatic heterocycles. The van der Waals surface area contributed by atoms with E-state index >= 15 is 0 Å². The number of hydrogen-bond donors (Lipinski definition) is 0. The maximum Gasteiger partial charge on any atom is 0.178 e. The standard InChI is InChI=1S/C10H14N2O/c1-6-9(7(2)13)12(3)10(11-6)8-4-5-8/h8H,4-5H2,1-3H3. The van der Waals surface area contributed by atoms with E-state index in [1.807, 2.05) is 18.5 Å². The second-order valence-electron chi connectivity index (χ2n) is 3.79. The monoisotopic (exact) mass is 178 g/mol. The molecule has 0 aromatic carbocycles. The molecule has 1 aromatic heterocycles. The molecule has 0 unspecified atom stereocenters. The predicted molar refractivity (Wildman–Crippen MR) is 49.9 cm³/mol. The van der Waals surface area contributed by atoms with Gasteiger partial charge < -0.3 is 4.57 Å². The Morgan fingerprint density at radius 3 is 2.54 bits per heavy atom. The Hall–Kier alpha value is -1.12. The van der Waals surface area contributed by atoms with Gasteiger partial charge in [-0.25, -0.2) is 4.98 Å². The first-order chi connectivity index (χ1) is 6.11. The summed E-state index contributed by atoms with van der Waals surface area (Å²) in [6.45, 7) is 3.50. The fourth-order valence-electron chi connectivity index (χ4n) is 1.85. The van der Waals surface area contributed by atoms with Gasteiger partial charge in [0, 0.05) is 19.9 Å². The Morgan fingerprint density at radius 1 is 1.54 bits per heavy atom. The van der Waals surface area contributed by atoms with Crippen molar-refractivity contribution in [1.29, 1.82) is 0 Å². The van der Waals surface area contributed by atoms with Gasteiger partial charge in [-0.2, -0.15) is 0 Å². The molecule has 13 heavy (non-hydrogen) atoms. The van der Waals surface area contributed by atoms with Crippen LogP contribution in [-0.4, -0.2) is 15.3 Å². The predicted octanol–water partition coefficient (Wildman–Crippen LogP) is 1.81. The van der Waals surface area contributed by atoms with Crippen LogP contribution in [0, 0.1) is 6.92 Å². The highest BCUT2D eigenvalue weighted by atomic mass is 16.1. The van der Waals surface area contributed by atoms with E-state index in [9.17, 15) is 4.79 Å². The average molecular weight is 178 g/mol. The minimum Gasteiger partial charge on any atom is -0.328 e. The van der Waals surface area contributed by atoms with E-state index in [2.05, 4.69) is 4.98 Å². The maximum atomic E-state index is 11.3.